The first kappa shape index (κ1) is 66.5. The lowest BCUT2D eigenvalue weighted by Gasteiger charge is -2.52. The molecule has 28 nitrogen and oxygen atoms in total. The molecular weight excluding hydrogens is 1080 g/mol. The average molecular weight is 1170 g/mol. The van der Waals surface area contributed by atoms with Crippen molar-refractivity contribution in [3.05, 3.63) is 51.8 Å². The second kappa shape index (κ2) is 27.0. The van der Waals surface area contributed by atoms with Crippen LogP contribution in [0.25, 0.3) is 0 Å². The lowest BCUT2D eigenvalue weighted by molar-refractivity contribution is -0.384. The van der Waals surface area contributed by atoms with Gasteiger partial charge in [-0.2, -0.15) is 0 Å². The highest BCUT2D eigenvalue weighted by Gasteiger charge is 2.57. The Labute approximate surface area is 477 Å². The van der Waals surface area contributed by atoms with Crippen molar-refractivity contribution in [2.75, 3.05) is 39.8 Å². The van der Waals surface area contributed by atoms with Crippen molar-refractivity contribution in [3.63, 3.8) is 0 Å². The minimum absolute atomic E-state index is 0.148. The molecule has 6 amide bonds. The predicted octanol–water partition coefficient (Wildman–Crippen LogP) is 3.19. The van der Waals surface area contributed by atoms with Crippen molar-refractivity contribution in [1.82, 2.24) is 36.4 Å². The molecule has 1 aromatic carbocycles. The Hall–Kier alpha value is -6.30. The first-order chi connectivity index (χ1) is 37.8. The summed E-state index contributed by atoms with van der Waals surface area (Å²) in [5.74, 6) is -2.08. The maximum Gasteiger partial charge on any atom is 0.410 e. The van der Waals surface area contributed by atoms with Crippen LogP contribution < -0.4 is 26.6 Å². The first-order valence-electron chi connectivity index (χ1n) is 27.3. The van der Waals surface area contributed by atoms with Crippen LogP contribution >= 0.6 is 0 Å². The molecule has 1 saturated carbocycles. The number of likely N-dealkylation sites (tertiary alicyclic amines) is 1. The van der Waals surface area contributed by atoms with Gasteiger partial charge in [0.25, 0.3) is 5.69 Å². The number of carbonyl (C=O) groups is 6. The normalized spacial score (nSPS) is 27.4. The molecule has 0 radical (unpaired) electrons. The van der Waals surface area contributed by atoms with Crippen molar-refractivity contribution in [3.8, 4) is 0 Å². The standard InChI is InChI=1S/C54H86N8O20/c1-50(2,3)79-46(68)55-22-21-36(63)43(66)58-35-23-34(59-47(69)80-51(4,5)6)37(38(64)41(35)78-44-39(65)42(54(13,72)28-76-44)60(14)48(70)81-52(7,8)9)40-33(57-30-25-61(26-30)49(71)82-53(10,11)12)20-19-32(77-40)24-56-45(67)75-27-29-15-17-31(18-16-29)62(73)74/h15-19,30,33-42,44,57,63-65,72H,20-28H2,1-14H3,(H,55,68)(H,56,67)(H,58,66)(H,59,69)/t33-,34+,35-,36+,37?,38+,39-,40+,41+,42-,44-,54+/m1/s1. The Morgan fingerprint density at radius 2 is 1.41 bits per heavy atom. The molecule has 5 rings (SSSR count). The van der Waals surface area contributed by atoms with Crippen molar-refractivity contribution < 1.29 is 92.0 Å². The first-order valence-corrected chi connectivity index (χ1v) is 27.3. The molecule has 0 spiro atoms. The SMILES string of the molecule is CN(C(=O)OC(C)(C)C)[C@@H]1[C@@H](O)[C@@H](O[C@H]2[C@H](NC(=O)[C@@H](O)CCNC(=O)OC(C)(C)C)C[C@H](NC(=O)OC(C)(C)C)C([C@H]3OC(CNC(=O)OCc4ccc([N+](=O)[O-])cc4)=CC[C@H]3NC3CN(C(=O)OC(C)(C)C)C3)[C@@H]2O)OC[C@]1(C)O. The van der Waals surface area contributed by atoms with Gasteiger partial charge >= 0.3 is 30.5 Å². The van der Waals surface area contributed by atoms with Crippen LogP contribution in [0.4, 0.5) is 29.7 Å². The molecule has 0 bridgehead atoms. The zero-order chi connectivity index (χ0) is 61.4. The molecular formula is C54H86N8O20. The molecule has 3 fully saturated rings. The van der Waals surface area contributed by atoms with E-state index in [9.17, 15) is 59.3 Å². The summed E-state index contributed by atoms with van der Waals surface area (Å²) in [6.07, 6.45) is -12.8. The maximum absolute atomic E-state index is 14.1. The number of alkyl carbamates (subject to hydrolysis) is 3. The van der Waals surface area contributed by atoms with E-state index in [1.807, 2.05) is 0 Å². The van der Waals surface area contributed by atoms with E-state index in [4.69, 9.17) is 37.9 Å². The van der Waals surface area contributed by atoms with Gasteiger partial charge in [-0.05, 0) is 133 Å². The van der Waals surface area contributed by atoms with Gasteiger partial charge < -0.3 is 94.7 Å². The van der Waals surface area contributed by atoms with Crippen LogP contribution in [0.15, 0.2) is 36.1 Å². The second-order valence-electron chi connectivity index (χ2n) is 25.3. The monoisotopic (exact) mass is 1170 g/mol. The number of nitro groups is 1. The quantitative estimate of drug-likeness (QED) is 0.0614. The number of ether oxygens (including phenoxy) is 8. The van der Waals surface area contributed by atoms with E-state index in [1.54, 1.807) is 89.2 Å². The Morgan fingerprint density at radius 3 is 2.00 bits per heavy atom. The fraction of sp³-hybridized carbons (Fsp3) is 0.741. The molecule has 0 aromatic heterocycles. The van der Waals surface area contributed by atoms with Gasteiger partial charge in [0.2, 0.25) is 5.91 Å². The number of benzene rings is 1. The van der Waals surface area contributed by atoms with Crippen LogP contribution in [-0.4, -0.2) is 206 Å². The number of aliphatic hydroxyl groups excluding tert-OH is 3. The molecule has 28 heteroatoms. The summed E-state index contributed by atoms with van der Waals surface area (Å²) in [6, 6.07) is 0.313. The zero-order valence-electron chi connectivity index (χ0n) is 49.3. The third-order valence-corrected chi connectivity index (χ3v) is 13.3. The van der Waals surface area contributed by atoms with Crippen molar-refractivity contribution in [2.45, 2.75) is 211 Å². The highest BCUT2D eigenvalue weighted by Crippen LogP contribution is 2.39. The van der Waals surface area contributed by atoms with Gasteiger partial charge in [-0.15, -0.1) is 0 Å². The molecule has 3 aliphatic heterocycles. The molecule has 2 saturated heterocycles. The molecule has 9 N–H and O–H groups in total. The summed E-state index contributed by atoms with van der Waals surface area (Å²) < 4.78 is 46.7. The topological polar surface area (TPSA) is 367 Å². The summed E-state index contributed by atoms with van der Waals surface area (Å²) in [7, 11) is 1.31. The number of non-ortho nitro benzene ring substituents is 1. The van der Waals surface area contributed by atoms with Crippen LogP contribution in [0, 0.1) is 16.0 Å². The number of nitro benzene ring substituents is 1. The number of aliphatic hydroxyl groups is 4. The van der Waals surface area contributed by atoms with Crippen LogP contribution in [0.5, 0.6) is 0 Å². The van der Waals surface area contributed by atoms with E-state index < -0.39 is 143 Å². The molecule has 1 aromatic rings. The molecule has 1 unspecified atom stereocenters. The van der Waals surface area contributed by atoms with E-state index in [2.05, 4.69) is 26.6 Å². The summed E-state index contributed by atoms with van der Waals surface area (Å²) >= 11 is 0. The summed E-state index contributed by atoms with van der Waals surface area (Å²) in [5, 5.41) is 73.4. The van der Waals surface area contributed by atoms with E-state index in [-0.39, 0.29) is 69.5 Å². The van der Waals surface area contributed by atoms with Gasteiger partial charge in [0.1, 0.15) is 64.8 Å². The summed E-state index contributed by atoms with van der Waals surface area (Å²) in [4.78, 5) is 93.1. The Kier molecular flexibility index (Phi) is 21.9. The van der Waals surface area contributed by atoms with Gasteiger partial charge in [-0.3, -0.25) is 14.9 Å². The van der Waals surface area contributed by atoms with Gasteiger partial charge in [-0.1, -0.05) is 0 Å². The number of amides is 6. The predicted molar refractivity (Wildman–Crippen MR) is 290 cm³/mol. The Bertz CT molecular complexity index is 2430. The van der Waals surface area contributed by atoms with E-state index in [0.29, 0.717) is 5.56 Å². The van der Waals surface area contributed by atoms with E-state index in [0.717, 1.165) is 4.90 Å². The number of likely N-dealkylation sites (N-methyl/N-ethyl adjacent to an activating group) is 1. The number of hydrogen-bond donors (Lipinski definition) is 9. The number of rotatable bonds is 17. The number of nitrogens with one attached hydrogen (secondary N) is 5. The number of hydrogen-bond acceptors (Lipinski definition) is 21. The largest absolute Gasteiger partial charge is 0.491 e. The number of carbonyl (C=O) groups excluding carboxylic acids is 6. The summed E-state index contributed by atoms with van der Waals surface area (Å²) in [6.45, 7) is 20.5. The Balaban J connectivity index is 1.53. The fourth-order valence-electron chi connectivity index (χ4n) is 9.73. The summed E-state index contributed by atoms with van der Waals surface area (Å²) in [5.41, 5.74) is -5.21. The highest BCUT2D eigenvalue weighted by atomic mass is 16.7. The molecule has 3 heterocycles. The third kappa shape index (κ3) is 19.7. The zero-order valence-corrected chi connectivity index (χ0v) is 49.3. The van der Waals surface area contributed by atoms with Gasteiger partial charge in [0, 0.05) is 62.9 Å². The van der Waals surface area contributed by atoms with Crippen molar-refractivity contribution in [2.24, 2.45) is 5.92 Å². The minimum Gasteiger partial charge on any atom is -0.491 e. The fourth-order valence-corrected chi connectivity index (χ4v) is 9.73. The maximum atomic E-state index is 14.1. The van der Waals surface area contributed by atoms with E-state index in [1.165, 1.54) is 43.1 Å². The van der Waals surface area contributed by atoms with Gasteiger partial charge in [0.15, 0.2) is 6.29 Å². The lowest BCUT2D eigenvalue weighted by Crippen LogP contribution is -2.71. The molecule has 12 atom stereocenters. The van der Waals surface area contributed by atoms with Crippen LogP contribution in [0.1, 0.15) is 115 Å². The number of nitrogens with zero attached hydrogens (tertiary/aromatic N) is 3. The lowest BCUT2D eigenvalue weighted by atomic mass is 9.72. The minimum atomic E-state index is -1.91. The van der Waals surface area contributed by atoms with Crippen LogP contribution in [-0.2, 0) is 49.3 Å². The average Bonchev–Trinajstić information content (AvgIpc) is 3.16. The third-order valence-electron chi connectivity index (χ3n) is 13.3. The highest BCUT2D eigenvalue weighted by molar-refractivity contribution is 5.81. The van der Waals surface area contributed by atoms with Crippen LogP contribution in [0.2, 0.25) is 0 Å². The van der Waals surface area contributed by atoms with Crippen molar-refractivity contribution >= 4 is 42.1 Å². The molecule has 462 valence electrons. The molecule has 1 aliphatic carbocycles. The van der Waals surface area contributed by atoms with Gasteiger partial charge in [0.05, 0.1) is 36.3 Å². The van der Waals surface area contributed by atoms with Gasteiger partial charge in [-0.25, -0.2) is 24.0 Å². The Morgan fingerprint density at radius 1 is 0.817 bits per heavy atom. The van der Waals surface area contributed by atoms with Crippen LogP contribution in [0.3, 0.4) is 0 Å². The molecule has 4 aliphatic rings. The van der Waals surface area contributed by atoms with Crippen molar-refractivity contribution in [1.29, 1.82) is 0 Å². The smallest absolute Gasteiger partial charge is 0.410 e. The molecule has 82 heavy (non-hydrogen) atoms. The second-order valence-corrected chi connectivity index (χ2v) is 25.3. The van der Waals surface area contributed by atoms with E-state index >= 15 is 0 Å².